The fraction of sp³-hybridized carbons (Fsp3) is 0.889. The van der Waals surface area contributed by atoms with Gasteiger partial charge in [0.25, 0.3) is 0 Å². The van der Waals surface area contributed by atoms with E-state index < -0.39 is 0 Å². The molecule has 2 heterocycles. The number of hydrogen-bond donors (Lipinski definition) is 1. The van der Waals surface area contributed by atoms with E-state index in [-0.39, 0.29) is 11.7 Å². The molecule has 2 aliphatic heterocycles. The van der Waals surface area contributed by atoms with Crippen molar-refractivity contribution in [1.29, 1.82) is 0 Å². The van der Waals surface area contributed by atoms with Crippen LogP contribution in [0.4, 0.5) is 4.79 Å². The van der Waals surface area contributed by atoms with Gasteiger partial charge in [0.2, 0.25) is 0 Å². The first-order valence-corrected chi connectivity index (χ1v) is 4.73. The van der Waals surface area contributed by atoms with Crippen LogP contribution in [0.3, 0.4) is 0 Å². The summed E-state index contributed by atoms with van der Waals surface area (Å²) >= 11 is 0. The topological polar surface area (TPSA) is 47.6 Å². The van der Waals surface area contributed by atoms with Gasteiger partial charge in [-0.05, 0) is 25.7 Å². The monoisotopic (exact) mass is 185 g/mol. The molecule has 2 aliphatic rings. The second-order valence-corrected chi connectivity index (χ2v) is 4.13. The van der Waals surface area contributed by atoms with E-state index in [1.165, 1.54) is 0 Å². The lowest BCUT2D eigenvalue weighted by Gasteiger charge is -2.23. The summed E-state index contributed by atoms with van der Waals surface area (Å²) in [5.74, 6) is 0.553. The molecule has 1 amide bonds. The van der Waals surface area contributed by atoms with Crippen LogP contribution in [0.5, 0.6) is 0 Å². The molecule has 0 bridgehead atoms. The Balaban J connectivity index is 1.88. The summed E-state index contributed by atoms with van der Waals surface area (Å²) in [4.78, 5) is 10.9. The fourth-order valence-corrected chi connectivity index (χ4v) is 2.02. The van der Waals surface area contributed by atoms with Crippen LogP contribution in [-0.2, 0) is 9.47 Å². The van der Waals surface area contributed by atoms with Gasteiger partial charge in [0.1, 0.15) is 5.60 Å². The molecule has 4 heteroatoms. The highest BCUT2D eigenvalue weighted by atomic mass is 16.6. The van der Waals surface area contributed by atoms with Crippen molar-refractivity contribution in [3.8, 4) is 0 Å². The third-order valence-corrected chi connectivity index (χ3v) is 2.69. The summed E-state index contributed by atoms with van der Waals surface area (Å²) in [7, 11) is 0. The van der Waals surface area contributed by atoms with Gasteiger partial charge in [-0.2, -0.15) is 0 Å². The number of amides is 1. The second kappa shape index (κ2) is 3.18. The molecule has 0 aromatic heterocycles. The maximum Gasteiger partial charge on any atom is 0.407 e. The molecule has 2 fully saturated rings. The van der Waals surface area contributed by atoms with Crippen LogP contribution in [0.15, 0.2) is 0 Å². The molecule has 0 radical (unpaired) electrons. The fourth-order valence-electron chi connectivity index (χ4n) is 2.02. The van der Waals surface area contributed by atoms with Crippen molar-refractivity contribution in [1.82, 2.24) is 5.32 Å². The predicted octanol–water partition coefficient (Wildman–Crippen LogP) is 0.911. The summed E-state index contributed by atoms with van der Waals surface area (Å²) in [6, 6.07) is 0. The van der Waals surface area contributed by atoms with Crippen LogP contribution >= 0.6 is 0 Å². The first-order chi connectivity index (χ1) is 6.18. The number of cyclic esters (lactones) is 1. The molecule has 0 saturated carbocycles. The minimum absolute atomic E-state index is 0.290. The molecule has 0 aromatic carbocycles. The average molecular weight is 185 g/mol. The molecule has 4 nitrogen and oxygen atoms in total. The first kappa shape index (κ1) is 8.81. The van der Waals surface area contributed by atoms with Gasteiger partial charge in [0.15, 0.2) is 0 Å². The van der Waals surface area contributed by atoms with E-state index in [1.54, 1.807) is 0 Å². The summed E-state index contributed by atoms with van der Waals surface area (Å²) < 4.78 is 10.5. The maximum atomic E-state index is 10.9. The number of alkyl carbamates (subject to hydrolysis) is 1. The maximum absolute atomic E-state index is 10.9. The van der Waals surface area contributed by atoms with Gasteiger partial charge in [-0.25, -0.2) is 4.79 Å². The normalized spacial score (nSPS) is 38.8. The van der Waals surface area contributed by atoms with Gasteiger partial charge < -0.3 is 14.8 Å². The zero-order valence-corrected chi connectivity index (χ0v) is 7.84. The Kier molecular flexibility index (Phi) is 2.15. The lowest BCUT2D eigenvalue weighted by Crippen LogP contribution is -2.32. The average Bonchev–Trinajstić information content (AvgIpc) is 2.62. The Morgan fingerprint density at radius 3 is 3.08 bits per heavy atom. The number of carbonyl (C=O) groups is 1. The lowest BCUT2D eigenvalue weighted by atomic mass is 9.92. The molecular formula is C9H15NO3. The van der Waals surface area contributed by atoms with Crippen LogP contribution in [0.25, 0.3) is 0 Å². The van der Waals surface area contributed by atoms with Gasteiger partial charge in [-0.1, -0.05) is 0 Å². The predicted molar refractivity (Wildman–Crippen MR) is 46.4 cm³/mol. The minimum Gasteiger partial charge on any atom is -0.441 e. The lowest BCUT2D eigenvalue weighted by molar-refractivity contribution is 0.0484. The van der Waals surface area contributed by atoms with Gasteiger partial charge in [0, 0.05) is 13.2 Å². The van der Waals surface area contributed by atoms with Crippen molar-refractivity contribution in [3.05, 3.63) is 0 Å². The SMILES string of the molecule is CC1(CC2CCOC2)CNC(=O)O1. The first-order valence-electron chi connectivity index (χ1n) is 4.73. The van der Waals surface area contributed by atoms with Crippen molar-refractivity contribution < 1.29 is 14.3 Å². The van der Waals surface area contributed by atoms with Crippen LogP contribution in [0.2, 0.25) is 0 Å². The Labute approximate surface area is 77.6 Å². The van der Waals surface area contributed by atoms with E-state index in [4.69, 9.17) is 9.47 Å². The summed E-state index contributed by atoms with van der Waals surface area (Å²) in [6.45, 7) is 4.26. The summed E-state index contributed by atoms with van der Waals surface area (Å²) in [5, 5.41) is 2.68. The molecule has 2 atom stereocenters. The van der Waals surface area contributed by atoms with Gasteiger partial charge in [0.05, 0.1) is 6.54 Å². The number of hydrogen-bond acceptors (Lipinski definition) is 3. The van der Waals surface area contributed by atoms with Crippen molar-refractivity contribution in [3.63, 3.8) is 0 Å². The Bertz CT molecular complexity index is 213. The van der Waals surface area contributed by atoms with E-state index in [1.807, 2.05) is 6.92 Å². The van der Waals surface area contributed by atoms with Crippen molar-refractivity contribution in [2.75, 3.05) is 19.8 Å². The number of nitrogens with one attached hydrogen (secondary N) is 1. The molecule has 0 aromatic rings. The van der Waals surface area contributed by atoms with Crippen LogP contribution in [-0.4, -0.2) is 31.5 Å². The van der Waals surface area contributed by atoms with E-state index in [9.17, 15) is 4.79 Å². The number of ether oxygens (including phenoxy) is 2. The summed E-state index contributed by atoms with van der Waals surface area (Å²) in [6.07, 6.45) is 1.71. The van der Waals surface area contributed by atoms with Gasteiger partial charge in [-0.15, -0.1) is 0 Å². The standard InChI is InChI=1S/C9H15NO3/c1-9(6-10-8(11)13-9)4-7-2-3-12-5-7/h7H,2-6H2,1H3,(H,10,11). The van der Waals surface area contributed by atoms with Crippen LogP contribution < -0.4 is 5.32 Å². The Hall–Kier alpha value is -0.770. The largest absolute Gasteiger partial charge is 0.441 e. The second-order valence-electron chi connectivity index (χ2n) is 4.13. The molecule has 2 unspecified atom stereocenters. The van der Waals surface area contributed by atoms with Crippen molar-refractivity contribution in [2.24, 2.45) is 5.92 Å². The van der Waals surface area contributed by atoms with E-state index in [0.29, 0.717) is 12.5 Å². The number of carbonyl (C=O) groups excluding carboxylic acids is 1. The zero-order chi connectivity index (χ0) is 9.31. The van der Waals surface area contributed by atoms with Crippen LogP contribution in [0, 0.1) is 5.92 Å². The zero-order valence-electron chi connectivity index (χ0n) is 7.84. The van der Waals surface area contributed by atoms with Crippen molar-refractivity contribution >= 4 is 6.09 Å². The third-order valence-electron chi connectivity index (χ3n) is 2.69. The quantitative estimate of drug-likeness (QED) is 0.695. The van der Waals surface area contributed by atoms with E-state index >= 15 is 0 Å². The third kappa shape index (κ3) is 1.94. The summed E-state index contributed by atoms with van der Waals surface area (Å²) in [5.41, 5.74) is -0.310. The highest BCUT2D eigenvalue weighted by molar-refractivity contribution is 5.70. The molecule has 2 saturated heterocycles. The molecule has 1 N–H and O–H groups in total. The van der Waals surface area contributed by atoms with Crippen LogP contribution in [0.1, 0.15) is 19.8 Å². The van der Waals surface area contributed by atoms with E-state index in [2.05, 4.69) is 5.32 Å². The minimum atomic E-state index is -0.310. The Morgan fingerprint density at radius 2 is 2.54 bits per heavy atom. The molecule has 2 rings (SSSR count). The smallest absolute Gasteiger partial charge is 0.407 e. The Morgan fingerprint density at radius 1 is 1.69 bits per heavy atom. The highest BCUT2D eigenvalue weighted by Crippen LogP contribution is 2.28. The molecule has 0 aliphatic carbocycles. The van der Waals surface area contributed by atoms with Crippen molar-refractivity contribution in [2.45, 2.75) is 25.4 Å². The van der Waals surface area contributed by atoms with E-state index in [0.717, 1.165) is 26.1 Å². The molecule has 13 heavy (non-hydrogen) atoms. The molecule has 74 valence electrons. The van der Waals surface area contributed by atoms with Gasteiger partial charge >= 0.3 is 6.09 Å². The number of rotatable bonds is 2. The molecular weight excluding hydrogens is 170 g/mol. The highest BCUT2D eigenvalue weighted by Gasteiger charge is 2.38. The molecule has 0 spiro atoms. The van der Waals surface area contributed by atoms with Gasteiger partial charge in [-0.3, -0.25) is 0 Å².